The highest BCUT2D eigenvalue weighted by Crippen LogP contribution is 2.38. The molecular formula is C40H41BrCl2N10S2. The molecule has 0 atom stereocenters. The number of anilines is 2. The first kappa shape index (κ1) is 40.7. The van der Waals surface area contributed by atoms with Crippen molar-refractivity contribution in [3.63, 3.8) is 0 Å². The topological polar surface area (TPSA) is 99.6 Å². The summed E-state index contributed by atoms with van der Waals surface area (Å²) in [6, 6.07) is 16.3. The van der Waals surface area contributed by atoms with Gasteiger partial charge in [-0.3, -0.25) is 0 Å². The maximum absolute atomic E-state index is 7.32. The average molecular weight is 877 g/mol. The van der Waals surface area contributed by atoms with Crippen molar-refractivity contribution in [2.24, 2.45) is 0 Å². The predicted molar refractivity (Wildman–Crippen MR) is 234 cm³/mol. The summed E-state index contributed by atoms with van der Waals surface area (Å²) in [7, 11) is 0. The molecule has 0 unspecified atom stereocenters. The minimum absolute atomic E-state index is 0.383. The zero-order valence-electron chi connectivity index (χ0n) is 30.6. The van der Waals surface area contributed by atoms with Crippen molar-refractivity contribution in [3.8, 4) is 0 Å². The fraction of sp³-hybridized carbons (Fsp3) is 0.350. The van der Waals surface area contributed by atoms with Crippen LogP contribution in [0.5, 0.6) is 0 Å². The van der Waals surface area contributed by atoms with Gasteiger partial charge in [0.15, 0.2) is 11.4 Å². The quantitative estimate of drug-likeness (QED) is 0.108. The molecule has 2 fully saturated rings. The Morgan fingerprint density at radius 1 is 0.745 bits per heavy atom. The number of nitrogens with zero attached hydrogens (tertiary/aromatic N) is 7. The highest BCUT2D eigenvalue weighted by Gasteiger charge is 2.22. The van der Waals surface area contributed by atoms with Crippen molar-refractivity contribution in [1.29, 1.82) is 0 Å². The third kappa shape index (κ3) is 10.3. The van der Waals surface area contributed by atoms with Gasteiger partial charge in [0, 0.05) is 37.0 Å². The smallest absolute Gasteiger partial charge is 0.191 e. The SMILES string of the molecule is Cc1c(Cl)sc2ncnc(NC3CCNCC3)c12.[C-]#[N+]c1ccccc1CBr.[C-]#[N+]c1ccccc1CN1CCC(Nc2ncnc3sc(Cl)c(C)c23)CC1. The molecule has 10 nitrogen and oxygen atoms in total. The summed E-state index contributed by atoms with van der Waals surface area (Å²) in [5.41, 5.74) is 5.78. The maximum atomic E-state index is 7.32. The Balaban J connectivity index is 0.000000157. The van der Waals surface area contributed by atoms with Crippen molar-refractivity contribution < 1.29 is 0 Å². The molecule has 2 aliphatic rings. The number of aryl methyl sites for hydroxylation is 2. The van der Waals surface area contributed by atoms with E-state index in [1.165, 1.54) is 22.7 Å². The van der Waals surface area contributed by atoms with Gasteiger partial charge in [-0.25, -0.2) is 29.6 Å². The van der Waals surface area contributed by atoms with E-state index in [2.05, 4.69) is 72.5 Å². The van der Waals surface area contributed by atoms with Crippen LogP contribution in [-0.2, 0) is 11.9 Å². The molecule has 15 heteroatoms. The van der Waals surface area contributed by atoms with E-state index in [4.69, 9.17) is 36.3 Å². The lowest BCUT2D eigenvalue weighted by Gasteiger charge is -2.33. The van der Waals surface area contributed by atoms with Crippen LogP contribution in [0.2, 0.25) is 8.67 Å². The van der Waals surface area contributed by atoms with Gasteiger partial charge in [-0.1, -0.05) is 87.7 Å². The van der Waals surface area contributed by atoms with Crippen LogP contribution in [0.4, 0.5) is 23.0 Å². The van der Waals surface area contributed by atoms with Gasteiger partial charge in [0.25, 0.3) is 0 Å². The predicted octanol–water partition coefficient (Wildman–Crippen LogP) is 11.2. The molecule has 2 saturated heterocycles. The number of hydrogen-bond donors (Lipinski definition) is 3. The van der Waals surface area contributed by atoms with E-state index in [-0.39, 0.29) is 0 Å². The van der Waals surface area contributed by atoms with Crippen LogP contribution in [0.1, 0.15) is 47.9 Å². The Kier molecular flexibility index (Phi) is 14.7. The zero-order valence-corrected chi connectivity index (χ0v) is 35.3. The lowest BCUT2D eigenvalue weighted by molar-refractivity contribution is 0.211. The molecular weight excluding hydrogens is 835 g/mol. The highest BCUT2D eigenvalue weighted by molar-refractivity contribution is 9.08. The largest absolute Gasteiger partial charge is 0.367 e. The Morgan fingerprint density at radius 2 is 1.22 bits per heavy atom. The maximum Gasteiger partial charge on any atom is 0.191 e. The summed E-state index contributed by atoms with van der Waals surface area (Å²) in [5, 5.41) is 13.4. The molecule has 0 amide bonds. The number of para-hydroxylation sites is 2. The number of rotatable bonds is 7. The Labute approximate surface area is 348 Å². The number of hydrogen-bond acceptors (Lipinski definition) is 10. The van der Waals surface area contributed by atoms with Crippen molar-refractivity contribution in [1.82, 2.24) is 30.2 Å². The molecule has 3 N–H and O–H groups in total. The second-order valence-corrected chi connectivity index (χ2v) is 17.0. The summed E-state index contributed by atoms with van der Waals surface area (Å²) in [6.45, 7) is 23.1. The normalized spacial score (nSPS) is 15.0. The first-order valence-electron chi connectivity index (χ1n) is 18.0. The summed E-state index contributed by atoms with van der Waals surface area (Å²) in [6.07, 6.45) is 7.56. The number of benzene rings is 2. The number of fused-ring (bicyclic) bond motifs is 2. The average Bonchev–Trinajstić information content (AvgIpc) is 3.69. The first-order valence-corrected chi connectivity index (χ1v) is 21.5. The number of nitrogens with one attached hydrogen (secondary N) is 3. The zero-order chi connectivity index (χ0) is 38.7. The van der Waals surface area contributed by atoms with Crippen molar-refractivity contribution >= 4 is 105 Å². The van der Waals surface area contributed by atoms with Gasteiger partial charge in [-0.15, -0.1) is 22.7 Å². The van der Waals surface area contributed by atoms with Crippen LogP contribution in [0.15, 0.2) is 61.2 Å². The molecule has 0 saturated carbocycles. The molecule has 6 aromatic rings. The van der Waals surface area contributed by atoms with Gasteiger partial charge >= 0.3 is 0 Å². The van der Waals surface area contributed by atoms with Gasteiger partial charge in [-0.2, -0.15) is 0 Å². The second kappa shape index (κ2) is 19.8. The van der Waals surface area contributed by atoms with E-state index in [9.17, 15) is 0 Å². The number of likely N-dealkylation sites (tertiary alicyclic amines) is 1. The van der Waals surface area contributed by atoms with Crippen LogP contribution in [0, 0.1) is 27.0 Å². The van der Waals surface area contributed by atoms with E-state index in [1.807, 2.05) is 56.3 Å². The molecule has 284 valence electrons. The fourth-order valence-electron chi connectivity index (χ4n) is 6.62. The van der Waals surface area contributed by atoms with Crippen LogP contribution in [0.25, 0.3) is 30.1 Å². The second-order valence-electron chi connectivity index (χ2n) is 13.3. The monoisotopic (exact) mass is 874 g/mol. The molecule has 0 aliphatic carbocycles. The summed E-state index contributed by atoms with van der Waals surface area (Å²) < 4.78 is 1.58. The number of alkyl halides is 1. The summed E-state index contributed by atoms with van der Waals surface area (Å²) >= 11 is 18.8. The van der Waals surface area contributed by atoms with E-state index >= 15 is 0 Å². The number of piperidine rings is 2. The van der Waals surface area contributed by atoms with Gasteiger partial charge in [0.05, 0.1) is 32.6 Å². The van der Waals surface area contributed by atoms with Gasteiger partial charge < -0.3 is 20.9 Å². The summed E-state index contributed by atoms with van der Waals surface area (Å²) in [4.78, 5) is 28.8. The Morgan fingerprint density at radius 3 is 1.71 bits per heavy atom. The molecule has 55 heavy (non-hydrogen) atoms. The fourth-order valence-corrected chi connectivity index (χ4v) is 9.48. The summed E-state index contributed by atoms with van der Waals surface area (Å²) in [5.74, 6) is 1.81. The third-order valence-electron chi connectivity index (χ3n) is 9.71. The van der Waals surface area contributed by atoms with E-state index in [0.29, 0.717) is 12.1 Å². The standard InChI is InChI=1S/C20H20ClN5S.C12H15ClN4S.C8H6BrN/c1-13-17-19(23-12-24-20(17)27-18(13)21)25-15-7-9-26(10-8-15)11-14-5-3-4-6-16(14)22-2;1-7-9-11(17-8-2-4-14-5-3-8)15-6-16-12(9)18-10(7)13;1-10-8-5-3-2-4-7(8)6-9/h3-6,12,15H,7-11H2,1H3,(H,23,24,25);6,8,14H,2-5H2,1H3,(H,15,16,17);2-5H,6H2. The Hall–Kier alpha value is -3.92. The van der Waals surface area contributed by atoms with Gasteiger partial charge in [0.1, 0.15) is 34.0 Å². The van der Waals surface area contributed by atoms with E-state index in [1.54, 1.807) is 12.7 Å². The molecule has 0 bridgehead atoms. The molecule has 2 aliphatic heterocycles. The van der Waals surface area contributed by atoms with Crippen LogP contribution in [-0.4, -0.2) is 63.1 Å². The minimum atomic E-state index is 0.383. The first-order chi connectivity index (χ1) is 26.8. The van der Waals surface area contributed by atoms with Crippen molar-refractivity contribution in [2.45, 2.75) is 63.5 Å². The highest BCUT2D eigenvalue weighted by atomic mass is 79.9. The van der Waals surface area contributed by atoms with Crippen LogP contribution >= 0.6 is 61.8 Å². The lowest BCUT2D eigenvalue weighted by atomic mass is 10.0. The van der Waals surface area contributed by atoms with Crippen molar-refractivity contribution in [2.75, 3.05) is 36.8 Å². The third-order valence-corrected chi connectivity index (χ3v) is 13.3. The van der Waals surface area contributed by atoms with Crippen LogP contribution < -0.4 is 16.0 Å². The van der Waals surface area contributed by atoms with E-state index in [0.717, 1.165) is 138 Å². The number of thiophene rings is 2. The molecule has 6 heterocycles. The lowest BCUT2D eigenvalue weighted by Crippen LogP contribution is -2.38. The van der Waals surface area contributed by atoms with Gasteiger partial charge in [0.2, 0.25) is 0 Å². The minimum Gasteiger partial charge on any atom is -0.367 e. The molecule has 0 spiro atoms. The Bertz CT molecular complexity index is 2300. The molecule has 8 rings (SSSR count). The number of halogens is 3. The van der Waals surface area contributed by atoms with Crippen molar-refractivity contribution in [3.05, 3.63) is 115 Å². The molecule has 0 radical (unpaired) electrons. The molecule has 4 aromatic heterocycles. The van der Waals surface area contributed by atoms with E-state index < -0.39 is 0 Å². The number of aromatic nitrogens is 4. The van der Waals surface area contributed by atoms with Crippen LogP contribution in [0.3, 0.4) is 0 Å². The van der Waals surface area contributed by atoms with Gasteiger partial charge in [-0.05, 0) is 74.9 Å². The molecule has 2 aromatic carbocycles.